The number of hydrogen-bond donors (Lipinski definition) is 1. The predicted molar refractivity (Wildman–Crippen MR) is 163 cm³/mol. The molecule has 2 aliphatic heterocycles. The second-order valence-corrected chi connectivity index (χ2v) is 13.8. The second kappa shape index (κ2) is 12.4. The summed E-state index contributed by atoms with van der Waals surface area (Å²) in [6.07, 6.45) is 6.49. The van der Waals surface area contributed by atoms with Gasteiger partial charge in [-0.05, 0) is 31.2 Å². The molecule has 0 bridgehead atoms. The van der Waals surface area contributed by atoms with Crippen LogP contribution in [0.4, 0.5) is 11.4 Å². The Kier molecular flexibility index (Phi) is 9.02. The van der Waals surface area contributed by atoms with Gasteiger partial charge in [-0.15, -0.1) is 0 Å². The Bertz CT molecular complexity index is 1630. The molecule has 0 aliphatic carbocycles. The third kappa shape index (κ3) is 5.64. The minimum absolute atomic E-state index is 0. The number of benzene rings is 4. The van der Waals surface area contributed by atoms with Crippen LogP contribution in [0.1, 0.15) is 11.9 Å². The molecule has 0 atom stereocenters. The van der Waals surface area contributed by atoms with Crippen molar-refractivity contribution in [3.8, 4) is 0 Å². The molecule has 7 rings (SSSR count). The van der Waals surface area contributed by atoms with Gasteiger partial charge in [0.15, 0.2) is 0 Å². The number of rotatable bonds is 3. The first-order valence-corrected chi connectivity index (χ1v) is 16.8. The molecule has 3 heterocycles. The molecule has 4 aromatic carbocycles. The van der Waals surface area contributed by atoms with E-state index >= 15 is 0 Å². The Morgan fingerprint density at radius 3 is 2.63 bits per heavy atom. The first-order chi connectivity index (χ1) is 18.2. The molecule has 0 saturated heterocycles. The van der Waals surface area contributed by atoms with Crippen molar-refractivity contribution >= 4 is 86.1 Å². The molecule has 38 heavy (non-hydrogen) atoms. The maximum absolute atomic E-state index is 3.45. The maximum atomic E-state index is 3.45. The third-order valence-corrected chi connectivity index (χ3v) is 11.9. The van der Waals surface area contributed by atoms with Crippen LogP contribution in [0, 0.1) is 0 Å². The summed E-state index contributed by atoms with van der Waals surface area (Å²) >= 11 is 3.68. The van der Waals surface area contributed by atoms with Crippen LogP contribution in [0.5, 0.6) is 0 Å². The fourth-order valence-electron chi connectivity index (χ4n) is 4.71. The summed E-state index contributed by atoms with van der Waals surface area (Å²) in [5, 5.41) is 8.70. The van der Waals surface area contributed by atoms with Crippen LogP contribution in [0.3, 0.4) is 0 Å². The molecule has 5 aromatic rings. The van der Waals surface area contributed by atoms with E-state index in [2.05, 4.69) is 132 Å². The van der Waals surface area contributed by atoms with Gasteiger partial charge in [0.2, 0.25) is 5.52 Å². The molecule has 2 aliphatic rings. The van der Waals surface area contributed by atoms with E-state index in [1.807, 2.05) is 11.3 Å². The third-order valence-electron chi connectivity index (χ3n) is 6.46. The number of hydrogen-bond acceptors (Lipinski definition) is 4. The molecule has 7 heteroatoms. The molecule has 0 amide bonds. The summed E-state index contributed by atoms with van der Waals surface area (Å²) in [6, 6.07) is 30.3. The largest absolute Gasteiger partial charge is 1.00 e. The van der Waals surface area contributed by atoms with E-state index < -0.39 is 0 Å². The van der Waals surface area contributed by atoms with E-state index in [9.17, 15) is 0 Å². The van der Waals surface area contributed by atoms with E-state index in [0.717, 1.165) is 6.54 Å². The van der Waals surface area contributed by atoms with Crippen molar-refractivity contribution in [2.45, 2.75) is 18.4 Å². The topological polar surface area (TPSA) is 19.1 Å². The molecule has 1 aromatic heterocycles. The molecule has 0 spiro atoms. The molecular weight excluding hydrogens is 733 g/mol. The monoisotopic (exact) mass is 763 g/mol. The van der Waals surface area contributed by atoms with Crippen molar-refractivity contribution in [3.63, 3.8) is 0 Å². The van der Waals surface area contributed by atoms with Crippen molar-refractivity contribution in [2.75, 3.05) is 21.9 Å². The van der Waals surface area contributed by atoms with Gasteiger partial charge in [0.1, 0.15) is 11.2 Å². The fraction of sp³-hybridized carbons (Fsp3) is 0.129. The number of aryl methyl sites for hydroxylation is 1. The number of thioether (sulfide) groups is 1. The molecule has 0 unspecified atom stereocenters. The first kappa shape index (κ1) is 27.5. The van der Waals surface area contributed by atoms with Gasteiger partial charge in [-0.3, -0.25) is 0 Å². The normalized spacial score (nSPS) is 14.8. The van der Waals surface area contributed by atoms with Crippen LogP contribution in [-0.4, -0.2) is 32.6 Å². The van der Waals surface area contributed by atoms with Crippen molar-refractivity contribution in [3.05, 3.63) is 107 Å². The van der Waals surface area contributed by atoms with Gasteiger partial charge >= 0.3 is 93.9 Å². The van der Waals surface area contributed by atoms with Crippen LogP contribution in [0.15, 0.2) is 107 Å². The number of nitrogens with zero attached hydrogens (tertiary/aromatic N) is 2. The van der Waals surface area contributed by atoms with Gasteiger partial charge in [-0.2, -0.15) is 4.57 Å². The van der Waals surface area contributed by atoms with E-state index in [1.165, 1.54) is 51.9 Å². The van der Waals surface area contributed by atoms with E-state index in [1.54, 1.807) is 15.4 Å². The summed E-state index contributed by atoms with van der Waals surface area (Å²) < 4.78 is 6.60. The second-order valence-electron chi connectivity index (χ2n) is 8.87. The van der Waals surface area contributed by atoms with Gasteiger partial charge in [0, 0.05) is 17.0 Å². The van der Waals surface area contributed by atoms with Crippen molar-refractivity contribution in [1.29, 1.82) is 0 Å². The average Bonchev–Trinajstić information content (AvgIpc) is 3.63. The van der Waals surface area contributed by atoms with Gasteiger partial charge < -0.3 is 29.3 Å². The quantitative estimate of drug-likeness (QED) is 0.172. The summed E-state index contributed by atoms with van der Waals surface area (Å²) in [5.41, 5.74) is 4.00. The number of thiazole rings is 1. The van der Waals surface area contributed by atoms with Crippen molar-refractivity contribution < 1.29 is 28.5 Å². The zero-order chi connectivity index (χ0) is 25.2. The van der Waals surface area contributed by atoms with Crippen LogP contribution in [0.2, 0.25) is 0 Å². The van der Waals surface area contributed by atoms with Gasteiger partial charge in [-0.25, -0.2) is 0 Å². The Morgan fingerprint density at radius 1 is 0.974 bits per heavy atom. The standard InChI is InChI=1S/C19H16N2S2.C12H11NTe.HI/c1-2-21-15-9-4-6-11-17(15)23-19(21)13-7-12-18-20-14-8-3-5-10-16(14)22-18;1-13-8-14-11-7-6-9-4-2-3-5-10(9)12(11)13;/h3-13H,2H2,1H3;2-7H,8H2,1H3;1H. The molecular formula is C31H28IN3S2Te. The predicted octanol–water partition coefficient (Wildman–Crippen LogP) is 3.86. The van der Waals surface area contributed by atoms with Gasteiger partial charge in [-0.1, -0.05) is 53.4 Å². The minimum atomic E-state index is 0. The van der Waals surface area contributed by atoms with E-state index in [4.69, 9.17) is 0 Å². The Morgan fingerprint density at radius 2 is 1.76 bits per heavy atom. The fourth-order valence-corrected chi connectivity index (χ4v) is 9.70. The van der Waals surface area contributed by atoms with Crippen LogP contribution in [0.25, 0.3) is 27.1 Å². The molecule has 3 nitrogen and oxygen atoms in total. The van der Waals surface area contributed by atoms with Crippen LogP contribution >= 0.6 is 23.1 Å². The number of nitrogens with one attached hydrogen (secondary N) is 1. The number of aromatic nitrogens is 1. The summed E-state index contributed by atoms with van der Waals surface area (Å²) in [5.74, 6) is 0. The molecule has 0 radical (unpaired) electrons. The summed E-state index contributed by atoms with van der Waals surface area (Å²) in [7, 11) is 2.21. The van der Waals surface area contributed by atoms with Crippen LogP contribution in [-0.2, 0) is 6.54 Å². The average molecular weight is 761 g/mol. The Hall–Kier alpha value is -2.02. The van der Waals surface area contributed by atoms with Crippen molar-refractivity contribution in [1.82, 2.24) is 0 Å². The molecule has 0 fully saturated rings. The van der Waals surface area contributed by atoms with Crippen LogP contribution < -0.4 is 42.4 Å². The summed E-state index contributed by atoms with van der Waals surface area (Å²) in [4.78, 5) is 3.71. The number of halogens is 1. The van der Waals surface area contributed by atoms with Crippen molar-refractivity contribution in [2.24, 2.45) is 0 Å². The summed E-state index contributed by atoms with van der Waals surface area (Å²) in [6.45, 7) is 3.18. The molecule has 1 N–H and O–H groups in total. The minimum Gasteiger partial charge on any atom is -1.00 e. The number of allylic oxidation sites excluding steroid dienone is 2. The Balaban J connectivity index is 0.000000168. The van der Waals surface area contributed by atoms with E-state index in [0.29, 0.717) is 0 Å². The maximum Gasteiger partial charge on any atom is -1.00 e. The first-order valence-electron chi connectivity index (χ1n) is 12.4. The molecule has 0 saturated carbocycles. The van der Waals surface area contributed by atoms with Gasteiger partial charge in [0.25, 0.3) is 5.01 Å². The Labute approximate surface area is 259 Å². The molecule has 192 valence electrons. The zero-order valence-corrected chi connectivity index (χ0v) is 27.3. The SMILES string of the molecule is CC[n+]1c(C=CC=C2Nc3ccccc3S2)sc2ccccc21.CN1C[Te]c2ccc3ccccc3c21.[I-]. The van der Waals surface area contributed by atoms with E-state index in [-0.39, 0.29) is 44.9 Å². The van der Waals surface area contributed by atoms with Gasteiger partial charge in [0.05, 0.1) is 10.7 Å². The zero-order valence-electron chi connectivity index (χ0n) is 21.2. The number of anilines is 2. The number of para-hydroxylation sites is 2. The smallest absolute Gasteiger partial charge is 1.00 e. The number of fused-ring (bicyclic) bond motifs is 5.